The standard InChI is InChI=1S/C17H19N3O2S/c1-12(23(18,21)22)7-13-8-15(11-19-10-13)17-9-14-5-3-4-6-16(14)20(17)2/h3-6,8-12H,7H2,1-2H3,(H2,18,21,22). The molecular formula is C17H19N3O2S. The Balaban J connectivity index is 2.00. The van der Waals surface area contributed by atoms with Gasteiger partial charge in [0.15, 0.2) is 0 Å². The van der Waals surface area contributed by atoms with Crippen LogP contribution >= 0.6 is 0 Å². The van der Waals surface area contributed by atoms with E-state index in [-0.39, 0.29) is 0 Å². The van der Waals surface area contributed by atoms with Crippen LogP contribution in [0.15, 0.2) is 48.8 Å². The monoisotopic (exact) mass is 329 g/mol. The van der Waals surface area contributed by atoms with Crippen LogP contribution in [-0.2, 0) is 23.5 Å². The van der Waals surface area contributed by atoms with E-state index in [1.54, 1.807) is 19.3 Å². The van der Waals surface area contributed by atoms with Gasteiger partial charge in [-0.2, -0.15) is 0 Å². The summed E-state index contributed by atoms with van der Waals surface area (Å²) in [5.74, 6) is 0. The number of pyridine rings is 1. The zero-order valence-corrected chi connectivity index (χ0v) is 13.9. The number of nitrogens with two attached hydrogens (primary N) is 1. The van der Waals surface area contributed by atoms with Gasteiger partial charge >= 0.3 is 0 Å². The number of para-hydroxylation sites is 1. The molecule has 5 nitrogen and oxygen atoms in total. The number of aromatic nitrogens is 2. The summed E-state index contributed by atoms with van der Waals surface area (Å²) in [6, 6.07) is 12.2. The van der Waals surface area contributed by atoms with Crippen LogP contribution in [0.25, 0.3) is 22.2 Å². The van der Waals surface area contributed by atoms with E-state index < -0.39 is 15.3 Å². The molecule has 2 heterocycles. The lowest BCUT2D eigenvalue weighted by atomic mass is 10.1. The van der Waals surface area contributed by atoms with Crippen LogP contribution < -0.4 is 5.14 Å². The molecule has 120 valence electrons. The third kappa shape index (κ3) is 3.13. The van der Waals surface area contributed by atoms with Gasteiger partial charge in [0.25, 0.3) is 0 Å². The van der Waals surface area contributed by atoms with Gasteiger partial charge in [0, 0.05) is 35.9 Å². The Morgan fingerprint density at radius 2 is 1.96 bits per heavy atom. The molecule has 0 radical (unpaired) electrons. The number of hydrogen-bond donors (Lipinski definition) is 1. The molecule has 0 saturated heterocycles. The summed E-state index contributed by atoms with van der Waals surface area (Å²) in [4.78, 5) is 4.26. The predicted octanol–water partition coefficient (Wildman–Crippen LogP) is 2.46. The van der Waals surface area contributed by atoms with E-state index in [4.69, 9.17) is 5.14 Å². The van der Waals surface area contributed by atoms with Gasteiger partial charge in [-0.15, -0.1) is 0 Å². The number of primary sulfonamides is 1. The van der Waals surface area contributed by atoms with Gasteiger partial charge in [-0.1, -0.05) is 18.2 Å². The fraction of sp³-hybridized carbons (Fsp3) is 0.235. The highest BCUT2D eigenvalue weighted by Crippen LogP contribution is 2.27. The van der Waals surface area contributed by atoms with E-state index >= 15 is 0 Å². The Morgan fingerprint density at radius 1 is 1.22 bits per heavy atom. The first kappa shape index (κ1) is 15.7. The number of benzene rings is 1. The molecule has 0 amide bonds. The van der Waals surface area contributed by atoms with Gasteiger partial charge in [-0.05, 0) is 37.1 Å². The maximum absolute atomic E-state index is 11.4. The highest BCUT2D eigenvalue weighted by molar-refractivity contribution is 7.89. The van der Waals surface area contributed by atoms with Gasteiger partial charge in [0.05, 0.1) is 10.9 Å². The second kappa shape index (κ2) is 5.79. The number of rotatable bonds is 4. The zero-order valence-electron chi connectivity index (χ0n) is 13.1. The number of hydrogen-bond acceptors (Lipinski definition) is 3. The third-order valence-corrected chi connectivity index (χ3v) is 5.41. The van der Waals surface area contributed by atoms with Crippen molar-refractivity contribution in [1.82, 2.24) is 9.55 Å². The fourth-order valence-corrected chi connectivity index (χ4v) is 3.18. The van der Waals surface area contributed by atoms with Gasteiger partial charge in [-0.3, -0.25) is 4.98 Å². The average molecular weight is 329 g/mol. The van der Waals surface area contributed by atoms with Crippen molar-refractivity contribution in [1.29, 1.82) is 0 Å². The van der Waals surface area contributed by atoms with E-state index in [0.717, 1.165) is 27.7 Å². The summed E-state index contributed by atoms with van der Waals surface area (Å²) in [6.45, 7) is 1.61. The molecule has 1 aromatic carbocycles. The first-order valence-corrected chi connectivity index (χ1v) is 8.97. The fourth-order valence-electron chi connectivity index (χ4n) is 2.75. The van der Waals surface area contributed by atoms with Crippen molar-refractivity contribution in [2.24, 2.45) is 12.2 Å². The Morgan fingerprint density at radius 3 is 2.65 bits per heavy atom. The van der Waals surface area contributed by atoms with E-state index in [2.05, 4.69) is 27.8 Å². The first-order valence-electron chi connectivity index (χ1n) is 7.36. The van der Waals surface area contributed by atoms with Crippen LogP contribution in [0.1, 0.15) is 12.5 Å². The number of fused-ring (bicyclic) bond motifs is 1. The van der Waals surface area contributed by atoms with Crippen LogP contribution in [-0.4, -0.2) is 23.2 Å². The van der Waals surface area contributed by atoms with Crippen LogP contribution in [0, 0.1) is 0 Å². The first-order chi connectivity index (χ1) is 10.9. The SMILES string of the molecule is CC(Cc1cncc(-c2cc3ccccc3n2C)c1)S(N)(=O)=O. The van der Waals surface area contributed by atoms with E-state index in [1.165, 1.54) is 0 Å². The molecule has 0 aliphatic heterocycles. The molecule has 6 heteroatoms. The van der Waals surface area contributed by atoms with Crippen LogP contribution in [0.3, 0.4) is 0 Å². The van der Waals surface area contributed by atoms with Crippen LogP contribution in [0.2, 0.25) is 0 Å². The van der Waals surface area contributed by atoms with Crippen molar-refractivity contribution >= 4 is 20.9 Å². The van der Waals surface area contributed by atoms with Crippen molar-refractivity contribution in [2.75, 3.05) is 0 Å². The summed E-state index contributed by atoms with van der Waals surface area (Å²) >= 11 is 0. The topological polar surface area (TPSA) is 78.0 Å². The summed E-state index contributed by atoms with van der Waals surface area (Å²) < 4.78 is 24.9. The van der Waals surface area contributed by atoms with E-state index in [9.17, 15) is 8.42 Å². The van der Waals surface area contributed by atoms with Crippen molar-refractivity contribution in [3.63, 3.8) is 0 Å². The molecule has 3 aromatic rings. The number of sulfonamides is 1. The minimum Gasteiger partial charge on any atom is -0.344 e. The predicted molar refractivity (Wildman–Crippen MR) is 92.4 cm³/mol. The molecule has 23 heavy (non-hydrogen) atoms. The van der Waals surface area contributed by atoms with Crippen molar-refractivity contribution in [3.05, 3.63) is 54.4 Å². The lowest BCUT2D eigenvalue weighted by molar-refractivity contribution is 0.584. The van der Waals surface area contributed by atoms with Gasteiger partial charge in [0.1, 0.15) is 0 Å². The number of nitrogens with zero attached hydrogens (tertiary/aromatic N) is 2. The molecule has 0 bridgehead atoms. The maximum atomic E-state index is 11.4. The minimum absolute atomic E-state index is 0.351. The molecule has 1 unspecified atom stereocenters. The number of aryl methyl sites for hydroxylation is 1. The largest absolute Gasteiger partial charge is 0.344 e. The normalized spacial score (nSPS) is 13.3. The second-order valence-corrected chi connectivity index (χ2v) is 7.82. The van der Waals surface area contributed by atoms with Gasteiger partial charge < -0.3 is 4.57 Å². The van der Waals surface area contributed by atoms with Gasteiger partial charge in [-0.25, -0.2) is 13.6 Å². The van der Waals surface area contributed by atoms with Crippen molar-refractivity contribution < 1.29 is 8.42 Å². The summed E-state index contributed by atoms with van der Waals surface area (Å²) in [5.41, 5.74) is 4.01. The molecule has 1 atom stereocenters. The Labute approximate surface area is 135 Å². The van der Waals surface area contributed by atoms with E-state index in [1.807, 2.05) is 25.2 Å². The van der Waals surface area contributed by atoms with E-state index in [0.29, 0.717) is 6.42 Å². The zero-order chi connectivity index (χ0) is 16.6. The maximum Gasteiger partial charge on any atom is 0.212 e. The Kier molecular flexibility index (Phi) is 3.95. The smallest absolute Gasteiger partial charge is 0.212 e. The lowest BCUT2D eigenvalue weighted by Crippen LogP contribution is -2.27. The van der Waals surface area contributed by atoms with Crippen LogP contribution in [0.4, 0.5) is 0 Å². The minimum atomic E-state index is -3.54. The van der Waals surface area contributed by atoms with Crippen molar-refractivity contribution in [2.45, 2.75) is 18.6 Å². The third-order valence-electron chi connectivity index (χ3n) is 4.13. The quantitative estimate of drug-likeness (QED) is 0.798. The van der Waals surface area contributed by atoms with Crippen LogP contribution in [0.5, 0.6) is 0 Å². The molecule has 0 aliphatic rings. The van der Waals surface area contributed by atoms with Gasteiger partial charge in [0.2, 0.25) is 10.0 Å². The lowest BCUT2D eigenvalue weighted by Gasteiger charge is -2.10. The van der Waals surface area contributed by atoms with Crippen molar-refractivity contribution in [3.8, 4) is 11.3 Å². The molecule has 2 N–H and O–H groups in total. The summed E-state index contributed by atoms with van der Waals surface area (Å²) in [6.07, 6.45) is 3.83. The Hall–Kier alpha value is -2.18. The summed E-state index contributed by atoms with van der Waals surface area (Å²) in [7, 11) is -1.53. The Bertz CT molecular complexity index is 961. The molecule has 0 spiro atoms. The summed E-state index contributed by atoms with van der Waals surface area (Å²) in [5, 5.41) is 5.73. The molecule has 0 fully saturated rings. The molecule has 0 saturated carbocycles. The molecule has 3 rings (SSSR count). The average Bonchev–Trinajstić information content (AvgIpc) is 2.84. The second-order valence-electron chi connectivity index (χ2n) is 5.83. The molecule has 0 aliphatic carbocycles. The molecular weight excluding hydrogens is 310 g/mol. The molecule has 2 aromatic heterocycles. The highest BCUT2D eigenvalue weighted by Gasteiger charge is 2.17. The highest BCUT2D eigenvalue weighted by atomic mass is 32.2.